The van der Waals surface area contributed by atoms with Crippen LogP contribution in [0.4, 0.5) is 5.69 Å². The van der Waals surface area contributed by atoms with Crippen molar-refractivity contribution in [2.75, 3.05) is 30.8 Å². The number of benzene rings is 2. The second-order valence-electron chi connectivity index (χ2n) is 9.27. The molecule has 0 aliphatic rings. The monoisotopic (exact) mass is 565 g/mol. The van der Waals surface area contributed by atoms with E-state index in [-0.39, 0.29) is 31.2 Å². The molecule has 210 valence electrons. The Morgan fingerprint density at radius 3 is 2.39 bits per heavy atom. The van der Waals surface area contributed by atoms with E-state index < -0.39 is 16.1 Å². The van der Waals surface area contributed by atoms with Crippen LogP contribution in [-0.2, 0) is 26.2 Å². The van der Waals surface area contributed by atoms with Crippen LogP contribution in [0.3, 0.4) is 0 Å². The second-order valence-corrected chi connectivity index (χ2v) is 11.6. The van der Waals surface area contributed by atoms with Gasteiger partial charge in [-0.1, -0.05) is 56.1 Å². The molecule has 38 heavy (non-hydrogen) atoms. The molecular weight excluding hydrogens is 526 g/mol. The predicted molar refractivity (Wildman–Crippen MR) is 153 cm³/mol. The maximum absolute atomic E-state index is 13.5. The fraction of sp³-hybridized carbons (Fsp3) is 0.500. The fourth-order valence-corrected chi connectivity index (χ4v) is 5.42. The molecule has 8 nitrogen and oxygen atoms in total. The van der Waals surface area contributed by atoms with E-state index in [0.717, 1.165) is 30.2 Å². The Balaban J connectivity index is 2.23. The topological polar surface area (TPSA) is 96.0 Å². The molecule has 2 aromatic carbocycles. The first kappa shape index (κ1) is 31.4. The van der Waals surface area contributed by atoms with Gasteiger partial charge in [0.25, 0.3) is 0 Å². The molecule has 1 N–H and O–H groups in total. The first-order valence-corrected chi connectivity index (χ1v) is 15.2. The third kappa shape index (κ3) is 8.91. The number of sulfonamides is 1. The maximum atomic E-state index is 13.5. The number of nitrogens with one attached hydrogen (secondary N) is 1. The number of rotatable bonds is 15. The standard InChI is InChI=1S/C28H40ClN3O5S/c1-6-8-17-30-28(34)25(7-2)31(20-22-13-10-9-12-21(22)3)27(33)14-11-18-32(38(5,35)36)23-15-16-26(37-4)24(29)19-23/h9-10,12-13,15-16,19,25H,6-8,11,14,17-18,20H2,1-5H3,(H,30,34). The van der Waals surface area contributed by atoms with Crippen molar-refractivity contribution >= 4 is 39.1 Å². The van der Waals surface area contributed by atoms with Crippen LogP contribution in [-0.4, -0.2) is 57.6 Å². The quantitative estimate of drug-likeness (QED) is 0.309. The molecule has 2 aromatic rings. The minimum atomic E-state index is -3.63. The van der Waals surface area contributed by atoms with Gasteiger partial charge in [-0.3, -0.25) is 13.9 Å². The summed E-state index contributed by atoms with van der Waals surface area (Å²) >= 11 is 6.22. The van der Waals surface area contributed by atoms with E-state index in [4.69, 9.17) is 16.3 Å². The molecule has 0 spiro atoms. The van der Waals surface area contributed by atoms with E-state index in [1.54, 1.807) is 17.0 Å². The number of carbonyl (C=O) groups excluding carboxylic acids is 2. The number of nitrogens with zero attached hydrogens (tertiary/aromatic N) is 2. The SMILES string of the molecule is CCCCNC(=O)C(CC)N(Cc1ccccc1C)C(=O)CCCN(c1ccc(OC)c(Cl)c1)S(C)(=O)=O. The van der Waals surface area contributed by atoms with Crippen LogP contribution < -0.4 is 14.4 Å². The summed E-state index contributed by atoms with van der Waals surface area (Å²) in [5, 5.41) is 3.25. The molecule has 0 aliphatic carbocycles. The highest BCUT2D eigenvalue weighted by Gasteiger charge is 2.29. The number of carbonyl (C=O) groups is 2. The maximum Gasteiger partial charge on any atom is 0.242 e. The smallest absolute Gasteiger partial charge is 0.242 e. The number of aryl methyl sites for hydroxylation is 1. The number of amides is 2. The molecule has 0 saturated carbocycles. The molecule has 2 rings (SSSR count). The van der Waals surface area contributed by atoms with Crippen LogP contribution in [0.25, 0.3) is 0 Å². The summed E-state index contributed by atoms with van der Waals surface area (Å²) in [4.78, 5) is 28.2. The summed E-state index contributed by atoms with van der Waals surface area (Å²) in [6.07, 6.45) is 3.76. The Morgan fingerprint density at radius 1 is 1.11 bits per heavy atom. The molecule has 0 aliphatic heterocycles. The van der Waals surface area contributed by atoms with Crippen molar-refractivity contribution in [3.8, 4) is 5.75 Å². The highest BCUT2D eigenvalue weighted by molar-refractivity contribution is 7.92. The van der Waals surface area contributed by atoms with Gasteiger partial charge in [0.1, 0.15) is 11.8 Å². The van der Waals surface area contributed by atoms with Gasteiger partial charge < -0.3 is 15.0 Å². The zero-order chi connectivity index (χ0) is 28.3. The normalized spacial score (nSPS) is 12.1. The number of halogens is 1. The summed E-state index contributed by atoms with van der Waals surface area (Å²) in [6.45, 7) is 6.87. The van der Waals surface area contributed by atoms with Crippen LogP contribution >= 0.6 is 11.6 Å². The van der Waals surface area contributed by atoms with Crippen molar-refractivity contribution in [1.82, 2.24) is 10.2 Å². The van der Waals surface area contributed by atoms with Crippen molar-refractivity contribution in [2.24, 2.45) is 0 Å². The fourth-order valence-electron chi connectivity index (χ4n) is 4.21. The summed E-state index contributed by atoms with van der Waals surface area (Å²) in [7, 11) is -2.15. The number of methoxy groups -OCH3 is 1. The van der Waals surface area contributed by atoms with Gasteiger partial charge in [0.2, 0.25) is 21.8 Å². The lowest BCUT2D eigenvalue weighted by atomic mass is 10.1. The predicted octanol–water partition coefficient (Wildman–Crippen LogP) is 4.93. The van der Waals surface area contributed by atoms with Gasteiger partial charge in [-0.15, -0.1) is 0 Å². The number of ether oxygens (including phenoxy) is 1. The van der Waals surface area contributed by atoms with Crippen molar-refractivity contribution in [1.29, 1.82) is 0 Å². The third-order valence-corrected chi connectivity index (χ3v) is 7.88. The van der Waals surface area contributed by atoms with Crippen molar-refractivity contribution < 1.29 is 22.7 Å². The van der Waals surface area contributed by atoms with E-state index in [1.165, 1.54) is 17.5 Å². The van der Waals surface area contributed by atoms with Crippen LogP contribution in [0.1, 0.15) is 57.1 Å². The molecule has 0 aromatic heterocycles. The number of hydrogen-bond donors (Lipinski definition) is 1. The largest absolute Gasteiger partial charge is 0.495 e. The summed E-state index contributed by atoms with van der Waals surface area (Å²) in [5.41, 5.74) is 2.39. The second kappa shape index (κ2) is 15.0. The van der Waals surface area contributed by atoms with E-state index in [1.807, 2.05) is 38.1 Å². The van der Waals surface area contributed by atoms with E-state index >= 15 is 0 Å². The molecule has 0 bridgehead atoms. The highest BCUT2D eigenvalue weighted by atomic mass is 35.5. The van der Waals surface area contributed by atoms with E-state index in [0.29, 0.717) is 36.0 Å². The molecule has 0 fully saturated rings. The van der Waals surface area contributed by atoms with Crippen molar-refractivity contribution in [3.05, 3.63) is 58.6 Å². The molecule has 0 heterocycles. The molecular formula is C28H40ClN3O5S. The van der Waals surface area contributed by atoms with Crippen LogP contribution in [0, 0.1) is 6.92 Å². The van der Waals surface area contributed by atoms with Crippen molar-refractivity contribution in [2.45, 2.75) is 65.5 Å². The van der Waals surface area contributed by atoms with Crippen LogP contribution in [0.15, 0.2) is 42.5 Å². The van der Waals surface area contributed by atoms with Gasteiger partial charge in [0, 0.05) is 26.1 Å². The zero-order valence-corrected chi connectivity index (χ0v) is 24.6. The van der Waals surface area contributed by atoms with Gasteiger partial charge in [-0.2, -0.15) is 0 Å². The molecule has 0 saturated heterocycles. The van der Waals surface area contributed by atoms with E-state index in [9.17, 15) is 18.0 Å². The minimum Gasteiger partial charge on any atom is -0.495 e. The summed E-state index contributed by atoms with van der Waals surface area (Å²) in [5.74, 6) is 0.0641. The average molecular weight is 566 g/mol. The van der Waals surface area contributed by atoms with Crippen molar-refractivity contribution in [3.63, 3.8) is 0 Å². The lowest BCUT2D eigenvalue weighted by Gasteiger charge is -2.31. The lowest BCUT2D eigenvalue weighted by Crippen LogP contribution is -2.49. The van der Waals surface area contributed by atoms with Gasteiger partial charge >= 0.3 is 0 Å². The average Bonchev–Trinajstić information content (AvgIpc) is 2.86. The Labute approximate surface area is 232 Å². The summed E-state index contributed by atoms with van der Waals surface area (Å²) < 4.78 is 31.5. The molecule has 2 amide bonds. The van der Waals surface area contributed by atoms with Gasteiger partial charge in [0.05, 0.1) is 24.1 Å². The summed E-state index contributed by atoms with van der Waals surface area (Å²) in [6, 6.07) is 11.9. The molecule has 1 atom stereocenters. The Hall–Kier alpha value is -2.78. The number of anilines is 1. The Bertz CT molecular complexity index is 1190. The van der Waals surface area contributed by atoms with Gasteiger partial charge in [-0.25, -0.2) is 8.42 Å². The molecule has 1 unspecified atom stereocenters. The van der Waals surface area contributed by atoms with Gasteiger partial charge in [0.15, 0.2) is 0 Å². The first-order chi connectivity index (χ1) is 18.0. The van der Waals surface area contributed by atoms with E-state index in [2.05, 4.69) is 12.2 Å². The van der Waals surface area contributed by atoms with Gasteiger partial charge in [-0.05, 0) is 55.5 Å². The number of unbranched alkanes of at least 4 members (excludes halogenated alkanes) is 1. The highest BCUT2D eigenvalue weighted by Crippen LogP contribution is 2.30. The van der Waals surface area contributed by atoms with Crippen LogP contribution in [0.5, 0.6) is 5.75 Å². The zero-order valence-electron chi connectivity index (χ0n) is 23.0. The molecule has 10 heteroatoms. The number of hydrogen-bond acceptors (Lipinski definition) is 5. The van der Waals surface area contributed by atoms with Crippen LogP contribution in [0.2, 0.25) is 5.02 Å². The lowest BCUT2D eigenvalue weighted by molar-refractivity contribution is -0.141. The third-order valence-electron chi connectivity index (χ3n) is 6.39. The Kier molecular flexibility index (Phi) is 12.4. The Morgan fingerprint density at radius 2 is 1.82 bits per heavy atom. The minimum absolute atomic E-state index is 0.0839. The first-order valence-electron chi connectivity index (χ1n) is 13.0. The molecule has 0 radical (unpaired) electrons.